The molecule has 1 N–H and O–H groups in total. The standard InChI is InChI=1S/C13H18BrNO/c1-9-5-6-11(7-10(9)2)13(3,4)8-15-12(14)16/h5-7H,8H2,1-4H3,(H,15,16). The van der Waals surface area contributed by atoms with E-state index in [2.05, 4.69) is 67.1 Å². The Morgan fingerprint density at radius 1 is 1.31 bits per heavy atom. The molecule has 1 aromatic carbocycles. The van der Waals surface area contributed by atoms with Crippen LogP contribution >= 0.6 is 15.9 Å². The Balaban J connectivity index is 2.88. The Hall–Kier alpha value is -0.830. The molecule has 0 spiro atoms. The van der Waals surface area contributed by atoms with E-state index in [-0.39, 0.29) is 10.2 Å². The first-order valence-electron chi connectivity index (χ1n) is 5.34. The van der Waals surface area contributed by atoms with E-state index in [4.69, 9.17) is 0 Å². The third-order valence-electron chi connectivity index (χ3n) is 2.96. The van der Waals surface area contributed by atoms with Crippen LogP contribution in [0.15, 0.2) is 18.2 Å². The van der Waals surface area contributed by atoms with Crippen LogP contribution < -0.4 is 5.32 Å². The number of hydrogen-bond donors (Lipinski definition) is 1. The normalized spacial score (nSPS) is 11.3. The van der Waals surface area contributed by atoms with E-state index in [1.54, 1.807) is 0 Å². The quantitative estimate of drug-likeness (QED) is 0.665. The summed E-state index contributed by atoms with van der Waals surface area (Å²) in [5, 5.41) is 2.80. The fourth-order valence-corrected chi connectivity index (χ4v) is 1.70. The summed E-state index contributed by atoms with van der Waals surface area (Å²) in [5.41, 5.74) is 3.78. The predicted molar refractivity (Wildman–Crippen MR) is 71.3 cm³/mol. The molecule has 16 heavy (non-hydrogen) atoms. The van der Waals surface area contributed by atoms with Crippen LogP contribution in [0.3, 0.4) is 0 Å². The summed E-state index contributed by atoms with van der Waals surface area (Å²) in [4.78, 5) is 10.7. The highest BCUT2D eigenvalue weighted by molar-refractivity contribution is 9.18. The number of nitrogens with one attached hydrogen (secondary N) is 1. The van der Waals surface area contributed by atoms with Gasteiger partial charge in [0.1, 0.15) is 0 Å². The third kappa shape index (κ3) is 3.34. The molecule has 88 valence electrons. The fraction of sp³-hybridized carbons (Fsp3) is 0.462. The van der Waals surface area contributed by atoms with Gasteiger partial charge < -0.3 is 5.32 Å². The minimum atomic E-state index is -0.163. The van der Waals surface area contributed by atoms with Gasteiger partial charge in [-0.25, -0.2) is 0 Å². The van der Waals surface area contributed by atoms with E-state index in [1.165, 1.54) is 16.7 Å². The number of amides is 1. The van der Waals surface area contributed by atoms with Gasteiger partial charge in [0.2, 0.25) is 0 Å². The monoisotopic (exact) mass is 283 g/mol. The van der Waals surface area contributed by atoms with Crippen molar-refractivity contribution in [2.45, 2.75) is 33.1 Å². The molecule has 0 aliphatic carbocycles. The molecular formula is C13H18BrNO. The van der Waals surface area contributed by atoms with Crippen LogP contribution in [0.5, 0.6) is 0 Å². The molecule has 0 unspecified atom stereocenters. The van der Waals surface area contributed by atoms with Crippen molar-refractivity contribution in [3.05, 3.63) is 34.9 Å². The molecule has 0 aliphatic heterocycles. The van der Waals surface area contributed by atoms with Crippen LogP contribution in [0, 0.1) is 13.8 Å². The summed E-state index contributed by atoms with van der Waals surface area (Å²) in [5.74, 6) is 0. The molecule has 0 aromatic heterocycles. The summed E-state index contributed by atoms with van der Waals surface area (Å²) in [6, 6.07) is 6.45. The van der Waals surface area contributed by atoms with Gasteiger partial charge in [-0.1, -0.05) is 32.0 Å². The first kappa shape index (κ1) is 13.2. The van der Waals surface area contributed by atoms with E-state index in [0.717, 1.165) is 0 Å². The minimum absolute atomic E-state index is 0.0537. The summed E-state index contributed by atoms with van der Waals surface area (Å²) >= 11 is 2.88. The predicted octanol–water partition coefficient (Wildman–Crippen LogP) is 3.69. The Kier molecular flexibility index (Phi) is 4.14. The molecule has 0 radical (unpaired) electrons. The number of carbonyl (C=O) groups excluding carboxylic acids is 1. The van der Waals surface area contributed by atoms with E-state index in [9.17, 15) is 4.79 Å². The highest BCUT2D eigenvalue weighted by Gasteiger charge is 2.21. The summed E-state index contributed by atoms with van der Waals surface area (Å²) in [6.45, 7) is 9.09. The summed E-state index contributed by atoms with van der Waals surface area (Å²) in [7, 11) is 0. The Morgan fingerprint density at radius 2 is 1.94 bits per heavy atom. The molecule has 0 bridgehead atoms. The van der Waals surface area contributed by atoms with Gasteiger partial charge in [0.25, 0.3) is 4.82 Å². The Bertz CT molecular complexity index is 399. The number of rotatable bonds is 3. The summed E-state index contributed by atoms with van der Waals surface area (Å²) < 4.78 is 0. The van der Waals surface area contributed by atoms with Gasteiger partial charge in [0.05, 0.1) is 0 Å². The number of benzene rings is 1. The lowest BCUT2D eigenvalue weighted by Crippen LogP contribution is -2.34. The lowest BCUT2D eigenvalue weighted by atomic mass is 9.83. The van der Waals surface area contributed by atoms with Gasteiger partial charge >= 0.3 is 0 Å². The molecule has 0 heterocycles. The zero-order chi connectivity index (χ0) is 12.3. The van der Waals surface area contributed by atoms with Gasteiger partial charge in [0.15, 0.2) is 0 Å². The molecular weight excluding hydrogens is 266 g/mol. The van der Waals surface area contributed by atoms with Crippen LogP contribution in [-0.2, 0) is 5.41 Å². The zero-order valence-corrected chi connectivity index (χ0v) is 11.8. The van der Waals surface area contributed by atoms with Crippen LogP contribution in [0.2, 0.25) is 0 Å². The van der Waals surface area contributed by atoms with Gasteiger partial charge in [-0.3, -0.25) is 4.79 Å². The maximum atomic E-state index is 10.8. The molecule has 0 saturated heterocycles. The largest absolute Gasteiger partial charge is 0.346 e. The van der Waals surface area contributed by atoms with Crippen LogP contribution in [0.4, 0.5) is 4.79 Å². The Labute approximate surface area is 106 Å². The van der Waals surface area contributed by atoms with Crippen LogP contribution in [0.1, 0.15) is 30.5 Å². The SMILES string of the molecule is Cc1ccc(C(C)(C)CNC(=O)Br)cc1C. The molecule has 0 saturated carbocycles. The van der Waals surface area contributed by atoms with E-state index < -0.39 is 0 Å². The fourth-order valence-electron chi connectivity index (χ4n) is 1.55. The number of aryl methyl sites for hydroxylation is 2. The third-order valence-corrected chi connectivity index (χ3v) is 3.24. The first-order valence-corrected chi connectivity index (χ1v) is 6.13. The van der Waals surface area contributed by atoms with E-state index in [1.807, 2.05) is 0 Å². The molecule has 3 heteroatoms. The van der Waals surface area contributed by atoms with Crippen molar-refractivity contribution in [2.24, 2.45) is 0 Å². The van der Waals surface area contributed by atoms with Crippen LogP contribution in [-0.4, -0.2) is 11.4 Å². The average Bonchev–Trinajstić information content (AvgIpc) is 2.19. The molecule has 0 atom stereocenters. The van der Waals surface area contributed by atoms with Crippen molar-refractivity contribution in [3.63, 3.8) is 0 Å². The van der Waals surface area contributed by atoms with Gasteiger partial charge in [-0.2, -0.15) is 0 Å². The van der Waals surface area contributed by atoms with Gasteiger partial charge in [0, 0.05) is 27.9 Å². The maximum absolute atomic E-state index is 10.8. The van der Waals surface area contributed by atoms with Crippen molar-refractivity contribution in [1.29, 1.82) is 0 Å². The number of carbonyl (C=O) groups is 1. The molecule has 1 amide bonds. The molecule has 1 rings (SSSR count). The van der Waals surface area contributed by atoms with Gasteiger partial charge in [-0.05, 0) is 30.5 Å². The highest BCUT2D eigenvalue weighted by Crippen LogP contribution is 2.24. The number of halogens is 1. The van der Waals surface area contributed by atoms with Gasteiger partial charge in [-0.15, -0.1) is 0 Å². The van der Waals surface area contributed by atoms with Crippen molar-refractivity contribution >= 4 is 20.7 Å². The second-order valence-corrected chi connectivity index (χ2v) is 5.53. The molecule has 0 aliphatic rings. The van der Waals surface area contributed by atoms with Crippen molar-refractivity contribution in [1.82, 2.24) is 5.32 Å². The second-order valence-electron chi connectivity index (χ2n) is 4.81. The zero-order valence-electron chi connectivity index (χ0n) is 10.2. The Morgan fingerprint density at radius 3 is 2.44 bits per heavy atom. The molecule has 1 aromatic rings. The second kappa shape index (κ2) is 5.00. The smallest absolute Gasteiger partial charge is 0.287 e. The van der Waals surface area contributed by atoms with Crippen molar-refractivity contribution < 1.29 is 4.79 Å². The topological polar surface area (TPSA) is 29.1 Å². The maximum Gasteiger partial charge on any atom is 0.287 e. The lowest BCUT2D eigenvalue weighted by Gasteiger charge is -2.26. The molecule has 0 fully saturated rings. The lowest BCUT2D eigenvalue weighted by molar-refractivity contribution is 0.259. The summed E-state index contributed by atoms with van der Waals surface area (Å²) in [6.07, 6.45) is 0. The average molecular weight is 284 g/mol. The highest BCUT2D eigenvalue weighted by atomic mass is 79.9. The van der Waals surface area contributed by atoms with Crippen molar-refractivity contribution in [3.8, 4) is 0 Å². The minimum Gasteiger partial charge on any atom is -0.346 e. The molecule has 2 nitrogen and oxygen atoms in total. The van der Waals surface area contributed by atoms with Crippen LogP contribution in [0.25, 0.3) is 0 Å². The number of hydrogen-bond acceptors (Lipinski definition) is 1. The van der Waals surface area contributed by atoms with Crippen molar-refractivity contribution in [2.75, 3.05) is 6.54 Å². The van der Waals surface area contributed by atoms with E-state index in [0.29, 0.717) is 6.54 Å². The van der Waals surface area contributed by atoms with E-state index >= 15 is 0 Å². The first-order chi connectivity index (χ1) is 7.33.